The van der Waals surface area contributed by atoms with E-state index in [2.05, 4.69) is 19.2 Å². The molecule has 0 aliphatic rings. The third-order valence-corrected chi connectivity index (χ3v) is 2.92. The Balaban J connectivity index is 2.33. The van der Waals surface area contributed by atoms with Crippen LogP contribution in [0.15, 0.2) is 24.3 Å². The molecule has 6 heteroatoms. The molecule has 0 radical (unpaired) electrons. The molecule has 0 bridgehead atoms. The van der Waals surface area contributed by atoms with Gasteiger partial charge in [-0.2, -0.15) is 0 Å². The van der Waals surface area contributed by atoms with Gasteiger partial charge < -0.3 is 20.3 Å². The maximum absolute atomic E-state index is 11.5. The van der Waals surface area contributed by atoms with Gasteiger partial charge in [0.25, 0.3) is 5.91 Å². The second-order valence-electron chi connectivity index (χ2n) is 5.01. The molecular weight excluding hydrogens is 274 g/mol. The number of hydrogen-bond acceptors (Lipinski definition) is 4. The molecule has 0 heterocycles. The van der Waals surface area contributed by atoms with Crippen LogP contribution in [0.5, 0.6) is 5.75 Å². The Morgan fingerprint density at radius 3 is 2.67 bits per heavy atom. The van der Waals surface area contributed by atoms with E-state index in [1.54, 1.807) is 6.07 Å². The Kier molecular flexibility index (Phi) is 6.68. The van der Waals surface area contributed by atoms with Crippen LogP contribution < -0.4 is 10.1 Å². The minimum atomic E-state index is -1.46. The van der Waals surface area contributed by atoms with Crippen LogP contribution >= 0.6 is 0 Å². The molecule has 3 N–H and O–H groups in total. The second-order valence-corrected chi connectivity index (χ2v) is 5.01. The lowest BCUT2D eigenvalue weighted by molar-refractivity contribution is -0.147. The molecule has 0 spiro atoms. The minimum absolute atomic E-state index is 0.0378. The maximum Gasteiger partial charge on any atom is 0.332 e. The first-order valence-corrected chi connectivity index (χ1v) is 6.80. The highest BCUT2D eigenvalue weighted by Crippen LogP contribution is 2.19. The first-order valence-electron chi connectivity index (χ1n) is 6.80. The Labute approximate surface area is 123 Å². The number of benzene rings is 1. The zero-order chi connectivity index (χ0) is 15.8. The van der Waals surface area contributed by atoms with E-state index < -0.39 is 12.1 Å². The zero-order valence-corrected chi connectivity index (χ0v) is 12.2. The molecule has 0 aromatic heterocycles. The van der Waals surface area contributed by atoms with E-state index in [-0.39, 0.29) is 25.5 Å². The van der Waals surface area contributed by atoms with Gasteiger partial charge in [0.05, 0.1) is 0 Å². The number of ether oxygens (including phenoxy) is 1. The SMILES string of the molecule is CC(C)c1cccc(OCC(=O)NCC[C@H](O)C(=O)O)c1. The predicted molar refractivity (Wildman–Crippen MR) is 77.3 cm³/mol. The number of carboxylic acid groups (broad SMARTS) is 1. The Bertz CT molecular complexity index is 487. The maximum atomic E-state index is 11.5. The molecule has 0 saturated carbocycles. The molecule has 116 valence electrons. The number of carbonyl (C=O) groups excluding carboxylic acids is 1. The summed E-state index contributed by atoms with van der Waals surface area (Å²) >= 11 is 0. The van der Waals surface area contributed by atoms with Crippen LogP contribution in [0.2, 0.25) is 0 Å². The summed E-state index contributed by atoms with van der Waals surface area (Å²) < 4.78 is 5.37. The molecule has 1 rings (SSSR count). The van der Waals surface area contributed by atoms with Gasteiger partial charge in [-0.15, -0.1) is 0 Å². The standard InChI is InChI=1S/C15H21NO5/c1-10(2)11-4-3-5-12(8-11)21-9-14(18)16-7-6-13(17)15(19)20/h3-5,8,10,13,17H,6-7,9H2,1-2H3,(H,16,18)(H,19,20)/t13-/m0/s1. The summed E-state index contributed by atoms with van der Waals surface area (Å²) in [5, 5.41) is 20.0. The van der Waals surface area contributed by atoms with Crippen LogP contribution in [0.1, 0.15) is 31.7 Å². The average molecular weight is 295 g/mol. The van der Waals surface area contributed by atoms with E-state index >= 15 is 0 Å². The molecule has 1 aromatic rings. The molecule has 6 nitrogen and oxygen atoms in total. The van der Waals surface area contributed by atoms with Crippen molar-refractivity contribution in [3.8, 4) is 5.75 Å². The molecule has 0 unspecified atom stereocenters. The number of aliphatic hydroxyl groups excluding tert-OH is 1. The number of rotatable bonds is 8. The lowest BCUT2D eigenvalue weighted by atomic mass is 10.0. The van der Waals surface area contributed by atoms with Crippen LogP contribution in [0.25, 0.3) is 0 Å². The number of carboxylic acids is 1. The zero-order valence-electron chi connectivity index (χ0n) is 12.2. The van der Waals surface area contributed by atoms with Crippen LogP contribution in [0, 0.1) is 0 Å². The minimum Gasteiger partial charge on any atom is -0.484 e. The topological polar surface area (TPSA) is 95.9 Å². The lowest BCUT2D eigenvalue weighted by Gasteiger charge is -2.10. The summed E-state index contributed by atoms with van der Waals surface area (Å²) in [7, 11) is 0. The van der Waals surface area contributed by atoms with Crippen molar-refractivity contribution in [3.05, 3.63) is 29.8 Å². The summed E-state index contributed by atoms with van der Waals surface area (Å²) in [5.41, 5.74) is 1.12. The normalized spacial score (nSPS) is 12.0. The van der Waals surface area contributed by atoms with Crippen LogP contribution in [0.3, 0.4) is 0 Å². The number of nitrogens with one attached hydrogen (secondary N) is 1. The first-order chi connectivity index (χ1) is 9.90. The second kappa shape index (κ2) is 8.26. The highest BCUT2D eigenvalue weighted by atomic mass is 16.5. The van der Waals surface area contributed by atoms with Gasteiger partial charge >= 0.3 is 5.97 Å². The number of amides is 1. The van der Waals surface area contributed by atoms with Gasteiger partial charge in [-0.1, -0.05) is 26.0 Å². The van der Waals surface area contributed by atoms with Gasteiger partial charge in [-0.3, -0.25) is 4.79 Å². The first kappa shape index (κ1) is 17.0. The van der Waals surface area contributed by atoms with Crippen molar-refractivity contribution in [1.29, 1.82) is 0 Å². The predicted octanol–water partition coefficient (Wildman–Crippen LogP) is 1.14. The van der Waals surface area contributed by atoms with Crippen molar-refractivity contribution >= 4 is 11.9 Å². The van der Waals surface area contributed by atoms with Crippen molar-refractivity contribution in [3.63, 3.8) is 0 Å². The van der Waals surface area contributed by atoms with Crippen molar-refractivity contribution in [2.24, 2.45) is 0 Å². The largest absolute Gasteiger partial charge is 0.484 e. The van der Waals surface area contributed by atoms with Crippen LogP contribution in [-0.2, 0) is 9.59 Å². The van der Waals surface area contributed by atoms with Gasteiger partial charge in [0, 0.05) is 13.0 Å². The third kappa shape index (κ3) is 6.27. The fourth-order valence-electron chi connectivity index (χ4n) is 1.64. The average Bonchev–Trinajstić information content (AvgIpc) is 2.45. The monoisotopic (exact) mass is 295 g/mol. The van der Waals surface area contributed by atoms with Gasteiger partial charge in [0.1, 0.15) is 5.75 Å². The van der Waals surface area contributed by atoms with Crippen LogP contribution in [0.4, 0.5) is 0 Å². The van der Waals surface area contributed by atoms with E-state index in [0.29, 0.717) is 11.7 Å². The molecule has 0 aliphatic carbocycles. The Morgan fingerprint density at radius 2 is 2.05 bits per heavy atom. The molecule has 21 heavy (non-hydrogen) atoms. The Hall–Kier alpha value is -2.08. The van der Waals surface area contributed by atoms with Crippen LogP contribution in [-0.4, -0.2) is 41.3 Å². The van der Waals surface area contributed by atoms with Gasteiger partial charge in [-0.05, 0) is 23.6 Å². The van der Waals surface area contributed by atoms with Gasteiger partial charge in [0.2, 0.25) is 0 Å². The van der Waals surface area contributed by atoms with Crippen molar-refractivity contribution in [2.75, 3.05) is 13.2 Å². The van der Waals surface area contributed by atoms with Gasteiger partial charge in [-0.25, -0.2) is 4.79 Å². The van der Waals surface area contributed by atoms with E-state index in [4.69, 9.17) is 14.9 Å². The molecule has 0 aliphatic heterocycles. The van der Waals surface area contributed by atoms with E-state index in [1.165, 1.54) is 0 Å². The molecule has 0 fully saturated rings. The molecular formula is C15H21NO5. The molecule has 1 aromatic carbocycles. The quantitative estimate of drug-likeness (QED) is 0.668. The molecule has 0 saturated heterocycles. The molecule has 1 amide bonds. The van der Waals surface area contributed by atoms with E-state index in [1.807, 2.05) is 18.2 Å². The summed E-state index contributed by atoms with van der Waals surface area (Å²) in [6.45, 7) is 4.07. The van der Waals surface area contributed by atoms with Crippen molar-refractivity contribution in [1.82, 2.24) is 5.32 Å². The Morgan fingerprint density at radius 1 is 1.33 bits per heavy atom. The van der Waals surface area contributed by atoms with Crippen molar-refractivity contribution in [2.45, 2.75) is 32.3 Å². The van der Waals surface area contributed by atoms with E-state index in [0.717, 1.165) is 5.56 Å². The number of aliphatic hydroxyl groups is 1. The number of aliphatic carboxylic acids is 1. The lowest BCUT2D eigenvalue weighted by Crippen LogP contribution is -2.33. The van der Waals surface area contributed by atoms with Gasteiger partial charge in [0.15, 0.2) is 12.7 Å². The highest BCUT2D eigenvalue weighted by molar-refractivity contribution is 5.77. The fraction of sp³-hybridized carbons (Fsp3) is 0.467. The van der Waals surface area contributed by atoms with Crippen molar-refractivity contribution < 1.29 is 24.5 Å². The highest BCUT2D eigenvalue weighted by Gasteiger charge is 2.13. The smallest absolute Gasteiger partial charge is 0.332 e. The molecule has 1 atom stereocenters. The number of hydrogen-bond donors (Lipinski definition) is 3. The summed E-state index contributed by atoms with van der Waals surface area (Å²) in [6, 6.07) is 7.51. The summed E-state index contributed by atoms with van der Waals surface area (Å²) in [4.78, 5) is 21.9. The van der Waals surface area contributed by atoms with E-state index in [9.17, 15) is 9.59 Å². The third-order valence-electron chi connectivity index (χ3n) is 2.92. The fourth-order valence-corrected chi connectivity index (χ4v) is 1.64. The summed E-state index contributed by atoms with van der Waals surface area (Å²) in [6.07, 6.45) is -1.50. The summed E-state index contributed by atoms with van der Waals surface area (Å²) in [5.74, 6) is -0.671. The number of carbonyl (C=O) groups is 2.